The van der Waals surface area contributed by atoms with Crippen LogP contribution < -0.4 is 5.73 Å². The molecule has 88 valence electrons. The third-order valence-corrected chi connectivity index (χ3v) is 3.68. The number of nitrogens with two attached hydrogens (primary N) is 1. The predicted octanol–water partition coefficient (Wildman–Crippen LogP) is 3.52. The standard InChI is InChI=1S/C13H14ClN3/c14-9-5-6-10-11(7-9)16-13(15)17-12(10)8-3-1-2-4-8/h5-8H,1-4H2,(H2,15,16,17). The molecular formula is C13H14ClN3. The maximum absolute atomic E-state index is 5.98. The van der Waals surface area contributed by atoms with E-state index >= 15 is 0 Å². The van der Waals surface area contributed by atoms with Gasteiger partial charge in [-0.3, -0.25) is 0 Å². The fourth-order valence-corrected chi connectivity index (χ4v) is 2.82. The van der Waals surface area contributed by atoms with E-state index in [4.69, 9.17) is 17.3 Å². The molecule has 1 saturated carbocycles. The van der Waals surface area contributed by atoms with Gasteiger partial charge >= 0.3 is 0 Å². The molecular weight excluding hydrogens is 234 g/mol. The Morgan fingerprint density at radius 2 is 1.94 bits per heavy atom. The zero-order valence-corrected chi connectivity index (χ0v) is 10.2. The first kappa shape index (κ1) is 10.8. The molecule has 0 atom stereocenters. The molecule has 4 heteroatoms. The molecule has 3 rings (SSSR count). The van der Waals surface area contributed by atoms with Crippen molar-refractivity contribution in [2.75, 3.05) is 5.73 Å². The Morgan fingerprint density at radius 1 is 1.18 bits per heavy atom. The minimum atomic E-state index is 0.349. The second-order valence-electron chi connectivity index (χ2n) is 4.61. The predicted molar refractivity (Wildman–Crippen MR) is 70.2 cm³/mol. The highest BCUT2D eigenvalue weighted by atomic mass is 35.5. The Bertz CT molecular complexity index is 557. The van der Waals surface area contributed by atoms with Crippen LogP contribution in [0.25, 0.3) is 10.9 Å². The molecule has 2 N–H and O–H groups in total. The summed E-state index contributed by atoms with van der Waals surface area (Å²) < 4.78 is 0. The summed E-state index contributed by atoms with van der Waals surface area (Å²) in [6, 6.07) is 5.75. The van der Waals surface area contributed by atoms with Gasteiger partial charge in [-0.1, -0.05) is 24.4 Å². The van der Waals surface area contributed by atoms with Crippen molar-refractivity contribution in [2.45, 2.75) is 31.6 Å². The molecule has 0 unspecified atom stereocenters. The Balaban J connectivity index is 2.21. The summed E-state index contributed by atoms with van der Waals surface area (Å²) in [5, 5.41) is 1.78. The van der Waals surface area contributed by atoms with Crippen molar-refractivity contribution in [3.63, 3.8) is 0 Å². The number of nitrogen functional groups attached to an aromatic ring is 1. The van der Waals surface area contributed by atoms with Crippen LogP contribution in [0.1, 0.15) is 37.3 Å². The van der Waals surface area contributed by atoms with E-state index in [0.717, 1.165) is 16.6 Å². The van der Waals surface area contributed by atoms with Gasteiger partial charge in [0, 0.05) is 16.3 Å². The van der Waals surface area contributed by atoms with Crippen LogP contribution in [0.5, 0.6) is 0 Å². The first-order chi connectivity index (χ1) is 8.24. The van der Waals surface area contributed by atoms with E-state index in [-0.39, 0.29) is 0 Å². The van der Waals surface area contributed by atoms with Gasteiger partial charge in [-0.25, -0.2) is 9.97 Å². The number of benzene rings is 1. The fraction of sp³-hybridized carbons (Fsp3) is 0.385. The van der Waals surface area contributed by atoms with E-state index in [0.29, 0.717) is 16.9 Å². The molecule has 1 aliphatic rings. The smallest absolute Gasteiger partial charge is 0.220 e. The van der Waals surface area contributed by atoms with Crippen molar-refractivity contribution in [3.05, 3.63) is 28.9 Å². The maximum atomic E-state index is 5.98. The second-order valence-corrected chi connectivity index (χ2v) is 5.05. The molecule has 1 aromatic heterocycles. The van der Waals surface area contributed by atoms with Gasteiger partial charge in [0.2, 0.25) is 5.95 Å². The van der Waals surface area contributed by atoms with Gasteiger partial charge in [0.25, 0.3) is 0 Å². The van der Waals surface area contributed by atoms with Crippen LogP contribution in [-0.2, 0) is 0 Å². The number of halogens is 1. The molecule has 0 spiro atoms. The third kappa shape index (κ3) is 1.95. The van der Waals surface area contributed by atoms with Crippen LogP contribution in [0, 0.1) is 0 Å². The Kier molecular flexibility index (Phi) is 2.63. The van der Waals surface area contributed by atoms with Crippen molar-refractivity contribution in [2.24, 2.45) is 0 Å². The van der Waals surface area contributed by atoms with Crippen molar-refractivity contribution in [3.8, 4) is 0 Å². The molecule has 3 nitrogen and oxygen atoms in total. The highest BCUT2D eigenvalue weighted by Gasteiger charge is 2.21. The lowest BCUT2D eigenvalue weighted by atomic mass is 9.99. The lowest BCUT2D eigenvalue weighted by Crippen LogP contribution is -2.04. The summed E-state index contributed by atoms with van der Waals surface area (Å²) >= 11 is 5.98. The highest BCUT2D eigenvalue weighted by Crippen LogP contribution is 2.36. The molecule has 0 aliphatic heterocycles. The summed E-state index contributed by atoms with van der Waals surface area (Å²) in [6.07, 6.45) is 4.97. The van der Waals surface area contributed by atoms with Crippen molar-refractivity contribution in [1.29, 1.82) is 0 Å². The van der Waals surface area contributed by atoms with Crippen molar-refractivity contribution < 1.29 is 0 Å². The first-order valence-corrected chi connectivity index (χ1v) is 6.34. The molecule has 0 saturated heterocycles. The summed E-state index contributed by atoms with van der Waals surface area (Å²) in [5.41, 5.74) is 7.73. The second kappa shape index (κ2) is 4.15. The van der Waals surface area contributed by atoms with Gasteiger partial charge in [0.05, 0.1) is 11.2 Å². The van der Waals surface area contributed by atoms with E-state index in [1.165, 1.54) is 25.7 Å². The molecule has 1 fully saturated rings. The van der Waals surface area contributed by atoms with Gasteiger partial charge < -0.3 is 5.73 Å². The molecule has 0 amide bonds. The quantitative estimate of drug-likeness (QED) is 0.839. The first-order valence-electron chi connectivity index (χ1n) is 5.97. The van der Waals surface area contributed by atoms with E-state index in [2.05, 4.69) is 9.97 Å². The Labute approximate surface area is 105 Å². The number of nitrogens with zero attached hydrogens (tertiary/aromatic N) is 2. The average Bonchev–Trinajstić information content (AvgIpc) is 2.80. The molecule has 1 aromatic carbocycles. The third-order valence-electron chi connectivity index (χ3n) is 3.45. The molecule has 1 heterocycles. The van der Waals surface area contributed by atoms with Crippen LogP contribution in [0.3, 0.4) is 0 Å². The van der Waals surface area contributed by atoms with E-state index in [1.54, 1.807) is 0 Å². The van der Waals surface area contributed by atoms with Crippen LogP contribution in [0.15, 0.2) is 18.2 Å². The molecule has 17 heavy (non-hydrogen) atoms. The molecule has 2 aromatic rings. The minimum absolute atomic E-state index is 0.349. The summed E-state index contributed by atoms with van der Waals surface area (Å²) in [6.45, 7) is 0. The minimum Gasteiger partial charge on any atom is -0.368 e. The zero-order chi connectivity index (χ0) is 11.8. The van der Waals surface area contributed by atoms with Crippen LogP contribution in [0.4, 0.5) is 5.95 Å². The van der Waals surface area contributed by atoms with Gasteiger partial charge in [-0.15, -0.1) is 0 Å². The number of rotatable bonds is 1. The SMILES string of the molecule is Nc1nc(C2CCCC2)c2ccc(Cl)cc2n1. The topological polar surface area (TPSA) is 51.8 Å². The number of anilines is 1. The zero-order valence-electron chi connectivity index (χ0n) is 9.49. The number of aromatic nitrogens is 2. The summed E-state index contributed by atoms with van der Waals surface area (Å²) in [4.78, 5) is 8.69. The van der Waals surface area contributed by atoms with E-state index < -0.39 is 0 Å². The van der Waals surface area contributed by atoms with Gasteiger partial charge in [0.1, 0.15) is 0 Å². The fourth-order valence-electron chi connectivity index (χ4n) is 2.66. The maximum Gasteiger partial charge on any atom is 0.220 e. The highest BCUT2D eigenvalue weighted by molar-refractivity contribution is 6.31. The van der Waals surface area contributed by atoms with Crippen LogP contribution >= 0.6 is 11.6 Å². The number of hydrogen-bond acceptors (Lipinski definition) is 3. The molecule has 0 radical (unpaired) electrons. The van der Waals surface area contributed by atoms with E-state index in [1.807, 2.05) is 18.2 Å². The summed E-state index contributed by atoms with van der Waals surface area (Å²) in [7, 11) is 0. The van der Waals surface area contributed by atoms with Crippen molar-refractivity contribution in [1.82, 2.24) is 9.97 Å². The summed E-state index contributed by atoms with van der Waals surface area (Å²) in [5.74, 6) is 0.880. The monoisotopic (exact) mass is 247 g/mol. The Morgan fingerprint density at radius 3 is 2.71 bits per heavy atom. The van der Waals surface area contributed by atoms with E-state index in [9.17, 15) is 0 Å². The molecule has 0 bridgehead atoms. The van der Waals surface area contributed by atoms with Crippen LogP contribution in [-0.4, -0.2) is 9.97 Å². The van der Waals surface area contributed by atoms with Gasteiger partial charge in [0.15, 0.2) is 0 Å². The average molecular weight is 248 g/mol. The van der Waals surface area contributed by atoms with Gasteiger partial charge in [-0.2, -0.15) is 0 Å². The lowest BCUT2D eigenvalue weighted by molar-refractivity contribution is 0.704. The normalized spacial score (nSPS) is 16.8. The van der Waals surface area contributed by atoms with Gasteiger partial charge in [-0.05, 0) is 31.0 Å². The number of fused-ring (bicyclic) bond motifs is 1. The Hall–Kier alpha value is -1.35. The lowest BCUT2D eigenvalue weighted by Gasteiger charge is -2.12. The molecule has 1 aliphatic carbocycles. The van der Waals surface area contributed by atoms with Crippen LogP contribution in [0.2, 0.25) is 5.02 Å². The number of hydrogen-bond donors (Lipinski definition) is 1. The largest absolute Gasteiger partial charge is 0.368 e. The van der Waals surface area contributed by atoms with Crippen molar-refractivity contribution >= 4 is 28.5 Å².